The molecule has 0 radical (unpaired) electrons. The van der Waals surface area contributed by atoms with Crippen molar-refractivity contribution in [2.75, 3.05) is 5.32 Å². The molecular formula is C14H12FN3O2. The van der Waals surface area contributed by atoms with Crippen LogP contribution in [0.2, 0.25) is 0 Å². The quantitative estimate of drug-likeness (QED) is 0.789. The van der Waals surface area contributed by atoms with Gasteiger partial charge in [-0.2, -0.15) is 0 Å². The van der Waals surface area contributed by atoms with Crippen molar-refractivity contribution in [3.63, 3.8) is 0 Å². The van der Waals surface area contributed by atoms with E-state index in [0.29, 0.717) is 18.5 Å². The van der Waals surface area contributed by atoms with E-state index < -0.39 is 0 Å². The number of furan rings is 1. The highest BCUT2D eigenvalue weighted by molar-refractivity contribution is 5.55. The Morgan fingerprint density at radius 2 is 1.95 bits per heavy atom. The Morgan fingerprint density at radius 1 is 1.15 bits per heavy atom. The number of halogens is 1. The van der Waals surface area contributed by atoms with Crippen LogP contribution >= 0.6 is 0 Å². The van der Waals surface area contributed by atoms with E-state index >= 15 is 0 Å². The molecule has 0 aliphatic carbocycles. The van der Waals surface area contributed by atoms with Crippen LogP contribution in [-0.4, -0.2) is 10.2 Å². The molecule has 20 heavy (non-hydrogen) atoms. The third-order valence-corrected chi connectivity index (χ3v) is 2.87. The predicted octanol–water partition coefficient (Wildman–Crippen LogP) is 3.39. The molecule has 6 heteroatoms. The SMILES string of the molecule is Cc1occc1-c1nnc(NCc2ccc(F)cc2)o1. The first-order valence-electron chi connectivity index (χ1n) is 6.08. The van der Waals surface area contributed by atoms with Crippen LogP contribution in [-0.2, 0) is 6.54 Å². The van der Waals surface area contributed by atoms with E-state index in [1.807, 2.05) is 6.92 Å². The van der Waals surface area contributed by atoms with Gasteiger partial charge in [0.25, 0.3) is 5.89 Å². The molecule has 0 atom stereocenters. The molecule has 0 saturated carbocycles. The maximum Gasteiger partial charge on any atom is 0.316 e. The zero-order chi connectivity index (χ0) is 13.9. The Hall–Kier alpha value is -2.63. The van der Waals surface area contributed by atoms with Gasteiger partial charge in [-0.25, -0.2) is 4.39 Å². The molecule has 0 aliphatic heterocycles. The number of rotatable bonds is 4. The van der Waals surface area contributed by atoms with Crippen LogP contribution in [0.4, 0.5) is 10.4 Å². The van der Waals surface area contributed by atoms with Gasteiger partial charge in [0, 0.05) is 6.54 Å². The van der Waals surface area contributed by atoms with Crippen LogP contribution in [0.1, 0.15) is 11.3 Å². The lowest BCUT2D eigenvalue weighted by atomic mass is 10.2. The number of hydrogen-bond donors (Lipinski definition) is 1. The summed E-state index contributed by atoms with van der Waals surface area (Å²) in [5.41, 5.74) is 1.69. The van der Waals surface area contributed by atoms with Gasteiger partial charge in [0.2, 0.25) is 0 Å². The second kappa shape index (κ2) is 5.16. The summed E-state index contributed by atoms with van der Waals surface area (Å²) < 4.78 is 23.4. The van der Waals surface area contributed by atoms with Crippen molar-refractivity contribution in [2.24, 2.45) is 0 Å². The third-order valence-electron chi connectivity index (χ3n) is 2.87. The molecule has 0 spiro atoms. The van der Waals surface area contributed by atoms with Crippen molar-refractivity contribution in [2.45, 2.75) is 13.5 Å². The lowest BCUT2D eigenvalue weighted by Crippen LogP contribution is -1.99. The molecular weight excluding hydrogens is 261 g/mol. The van der Waals surface area contributed by atoms with Crippen LogP contribution in [0.15, 0.2) is 45.4 Å². The Balaban J connectivity index is 1.69. The van der Waals surface area contributed by atoms with E-state index in [2.05, 4.69) is 15.5 Å². The highest BCUT2D eigenvalue weighted by Gasteiger charge is 2.12. The maximum absolute atomic E-state index is 12.8. The second-order valence-electron chi connectivity index (χ2n) is 4.28. The monoisotopic (exact) mass is 273 g/mol. The summed E-state index contributed by atoms with van der Waals surface area (Å²) in [5.74, 6) is 0.862. The normalized spacial score (nSPS) is 10.7. The molecule has 3 aromatic rings. The van der Waals surface area contributed by atoms with E-state index in [1.54, 1.807) is 24.5 Å². The molecule has 102 valence electrons. The van der Waals surface area contributed by atoms with Crippen molar-refractivity contribution in [3.05, 3.63) is 53.7 Å². The van der Waals surface area contributed by atoms with Crippen molar-refractivity contribution in [1.29, 1.82) is 0 Å². The van der Waals surface area contributed by atoms with Gasteiger partial charge in [-0.05, 0) is 30.7 Å². The van der Waals surface area contributed by atoms with Gasteiger partial charge < -0.3 is 14.2 Å². The number of nitrogens with zero attached hydrogens (tertiary/aromatic N) is 2. The fraction of sp³-hybridized carbons (Fsp3) is 0.143. The summed E-state index contributed by atoms with van der Waals surface area (Å²) in [6.07, 6.45) is 1.57. The Morgan fingerprint density at radius 3 is 2.65 bits per heavy atom. The molecule has 3 rings (SSSR count). The Labute approximate surface area is 114 Å². The van der Waals surface area contributed by atoms with Crippen molar-refractivity contribution in [1.82, 2.24) is 10.2 Å². The van der Waals surface area contributed by atoms with Crippen LogP contribution in [0.25, 0.3) is 11.5 Å². The first kappa shape index (κ1) is 12.4. The first-order valence-corrected chi connectivity index (χ1v) is 6.08. The molecule has 0 unspecified atom stereocenters. The van der Waals surface area contributed by atoms with Crippen molar-refractivity contribution in [3.8, 4) is 11.5 Å². The molecule has 2 aromatic heterocycles. The number of aryl methyl sites for hydroxylation is 1. The zero-order valence-corrected chi connectivity index (χ0v) is 10.8. The zero-order valence-electron chi connectivity index (χ0n) is 10.8. The largest absolute Gasteiger partial charge is 0.469 e. The number of nitrogens with one attached hydrogen (secondary N) is 1. The summed E-state index contributed by atoms with van der Waals surface area (Å²) in [6.45, 7) is 2.30. The van der Waals surface area contributed by atoms with Crippen molar-refractivity contribution >= 4 is 6.01 Å². The van der Waals surface area contributed by atoms with E-state index in [0.717, 1.165) is 16.9 Å². The Bertz CT molecular complexity index is 703. The molecule has 1 aromatic carbocycles. The average molecular weight is 273 g/mol. The lowest BCUT2D eigenvalue weighted by molar-refractivity contribution is 0.530. The summed E-state index contributed by atoms with van der Waals surface area (Å²) >= 11 is 0. The second-order valence-corrected chi connectivity index (χ2v) is 4.28. The number of benzene rings is 1. The number of anilines is 1. The highest BCUT2D eigenvalue weighted by Crippen LogP contribution is 2.24. The summed E-state index contributed by atoms with van der Waals surface area (Å²) in [4.78, 5) is 0. The van der Waals surface area contributed by atoms with Gasteiger partial charge in [-0.3, -0.25) is 0 Å². The molecule has 1 N–H and O–H groups in total. The van der Waals surface area contributed by atoms with Crippen LogP contribution in [0.5, 0.6) is 0 Å². The smallest absolute Gasteiger partial charge is 0.316 e. The molecule has 0 aliphatic rings. The van der Waals surface area contributed by atoms with E-state index in [1.165, 1.54) is 12.1 Å². The fourth-order valence-corrected chi connectivity index (χ4v) is 1.79. The molecule has 0 fully saturated rings. The van der Waals surface area contributed by atoms with Gasteiger partial charge in [0.1, 0.15) is 11.6 Å². The van der Waals surface area contributed by atoms with Gasteiger partial charge in [0.05, 0.1) is 11.8 Å². The molecule has 0 amide bonds. The van der Waals surface area contributed by atoms with Crippen molar-refractivity contribution < 1.29 is 13.2 Å². The van der Waals surface area contributed by atoms with Gasteiger partial charge >= 0.3 is 6.01 Å². The minimum Gasteiger partial charge on any atom is -0.469 e. The molecule has 0 bridgehead atoms. The topological polar surface area (TPSA) is 64.1 Å². The number of aromatic nitrogens is 2. The predicted molar refractivity (Wildman–Crippen MR) is 70.5 cm³/mol. The third kappa shape index (κ3) is 2.54. The van der Waals surface area contributed by atoms with Gasteiger partial charge in [0.15, 0.2) is 0 Å². The summed E-state index contributed by atoms with van der Waals surface area (Å²) in [7, 11) is 0. The van der Waals surface area contributed by atoms with Gasteiger partial charge in [-0.1, -0.05) is 17.2 Å². The summed E-state index contributed by atoms with van der Waals surface area (Å²) in [6, 6.07) is 8.28. The standard InChI is InChI=1S/C14H12FN3O2/c1-9-12(6-7-19-9)13-17-18-14(20-13)16-8-10-2-4-11(15)5-3-10/h2-7H,8H2,1H3,(H,16,18). The van der Waals surface area contributed by atoms with Crippen LogP contribution in [0.3, 0.4) is 0 Å². The Kier molecular flexibility index (Phi) is 3.20. The molecule has 2 heterocycles. The van der Waals surface area contributed by atoms with E-state index in [4.69, 9.17) is 8.83 Å². The fourth-order valence-electron chi connectivity index (χ4n) is 1.79. The lowest BCUT2D eigenvalue weighted by Gasteiger charge is -2.01. The first-order chi connectivity index (χ1) is 9.72. The van der Waals surface area contributed by atoms with E-state index in [9.17, 15) is 4.39 Å². The van der Waals surface area contributed by atoms with Gasteiger partial charge in [-0.15, -0.1) is 5.10 Å². The van der Waals surface area contributed by atoms with Crippen LogP contribution < -0.4 is 5.32 Å². The minimum absolute atomic E-state index is 0.260. The molecule has 0 saturated heterocycles. The maximum atomic E-state index is 12.8. The number of hydrogen-bond acceptors (Lipinski definition) is 5. The highest BCUT2D eigenvalue weighted by atomic mass is 19.1. The minimum atomic E-state index is -0.260. The van der Waals surface area contributed by atoms with E-state index in [-0.39, 0.29) is 5.82 Å². The average Bonchev–Trinajstić information content (AvgIpc) is 3.06. The van der Waals surface area contributed by atoms with Crippen LogP contribution in [0, 0.1) is 12.7 Å². The summed E-state index contributed by atoms with van der Waals surface area (Å²) in [5, 5.41) is 10.8. The molecule has 5 nitrogen and oxygen atoms in total.